The van der Waals surface area contributed by atoms with Gasteiger partial charge in [-0.1, -0.05) is 38.1 Å². The first-order valence-corrected chi connectivity index (χ1v) is 8.71. The second-order valence-corrected chi connectivity index (χ2v) is 8.00. The Hall–Kier alpha value is -0.860. The zero-order valence-electron chi connectivity index (χ0n) is 13.4. The van der Waals surface area contributed by atoms with Gasteiger partial charge in [0, 0.05) is 31.2 Å². The van der Waals surface area contributed by atoms with Gasteiger partial charge in [-0.05, 0) is 48.6 Å². The van der Waals surface area contributed by atoms with Crippen molar-refractivity contribution in [1.82, 2.24) is 10.2 Å². The van der Waals surface area contributed by atoms with Crippen molar-refractivity contribution in [3.63, 3.8) is 0 Å². The van der Waals surface area contributed by atoms with E-state index in [4.69, 9.17) is 0 Å². The molecule has 1 heterocycles. The molecule has 1 saturated heterocycles. The number of nitrogens with zero attached hydrogens (tertiary/aromatic N) is 1. The normalized spacial score (nSPS) is 32.1. The molecule has 3 aliphatic rings. The van der Waals surface area contributed by atoms with E-state index in [1.54, 1.807) is 11.1 Å². The summed E-state index contributed by atoms with van der Waals surface area (Å²) in [5, 5.41) is 4.04. The Morgan fingerprint density at radius 1 is 1.14 bits per heavy atom. The zero-order chi connectivity index (χ0) is 14.4. The van der Waals surface area contributed by atoms with E-state index in [2.05, 4.69) is 48.3 Å². The highest BCUT2D eigenvalue weighted by molar-refractivity contribution is 5.34. The summed E-state index contributed by atoms with van der Waals surface area (Å²) in [6.07, 6.45) is 6.72. The summed E-state index contributed by atoms with van der Waals surface area (Å²) < 4.78 is 0. The van der Waals surface area contributed by atoms with Crippen LogP contribution in [0.15, 0.2) is 24.3 Å². The molecule has 0 spiro atoms. The molecule has 1 saturated carbocycles. The molecule has 0 bridgehead atoms. The summed E-state index contributed by atoms with van der Waals surface area (Å²) in [6, 6.07) is 11.2. The summed E-state index contributed by atoms with van der Waals surface area (Å²) in [5.41, 5.74) is 3.48. The van der Waals surface area contributed by atoms with E-state index in [1.807, 2.05) is 0 Å². The van der Waals surface area contributed by atoms with Crippen LogP contribution in [-0.2, 0) is 6.42 Å². The van der Waals surface area contributed by atoms with Crippen LogP contribution in [0.1, 0.15) is 56.7 Å². The topological polar surface area (TPSA) is 15.3 Å². The minimum atomic E-state index is 0.362. The lowest BCUT2D eigenvalue weighted by Crippen LogP contribution is -2.44. The highest BCUT2D eigenvalue weighted by Gasteiger charge is 2.39. The first kappa shape index (κ1) is 13.8. The summed E-state index contributed by atoms with van der Waals surface area (Å²) in [4.78, 5) is 2.71. The molecule has 0 aromatic heterocycles. The van der Waals surface area contributed by atoms with Crippen LogP contribution in [0.3, 0.4) is 0 Å². The van der Waals surface area contributed by atoms with Gasteiger partial charge in [0.25, 0.3) is 0 Å². The van der Waals surface area contributed by atoms with Gasteiger partial charge < -0.3 is 5.32 Å². The van der Waals surface area contributed by atoms with Gasteiger partial charge in [0.05, 0.1) is 0 Å². The Kier molecular flexibility index (Phi) is 3.35. The number of nitrogens with one attached hydrogen (secondary N) is 1. The van der Waals surface area contributed by atoms with E-state index in [0.29, 0.717) is 17.5 Å². The highest BCUT2D eigenvalue weighted by Crippen LogP contribution is 2.44. The summed E-state index contributed by atoms with van der Waals surface area (Å²) in [6.45, 7) is 7.44. The largest absolute Gasteiger partial charge is 0.305 e. The fourth-order valence-electron chi connectivity index (χ4n) is 4.31. The van der Waals surface area contributed by atoms with Crippen molar-refractivity contribution in [2.75, 3.05) is 13.1 Å². The third kappa shape index (κ3) is 2.64. The first-order valence-electron chi connectivity index (χ1n) is 8.71. The molecule has 114 valence electrons. The summed E-state index contributed by atoms with van der Waals surface area (Å²) in [5.74, 6) is 0. The van der Waals surface area contributed by atoms with Crippen molar-refractivity contribution >= 4 is 0 Å². The maximum Gasteiger partial charge on any atom is 0.0377 e. The lowest BCUT2D eigenvalue weighted by Gasteiger charge is -2.42. The lowest BCUT2D eigenvalue weighted by atomic mass is 9.70. The third-order valence-electron chi connectivity index (χ3n) is 5.87. The van der Waals surface area contributed by atoms with Crippen LogP contribution in [0.4, 0.5) is 0 Å². The van der Waals surface area contributed by atoms with E-state index in [9.17, 15) is 0 Å². The first-order chi connectivity index (χ1) is 10.1. The molecule has 4 rings (SSSR count). The minimum absolute atomic E-state index is 0.362. The number of hydrogen-bond acceptors (Lipinski definition) is 2. The molecule has 1 aromatic carbocycles. The molecule has 2 aliphatic carbocycles. The van der Waals surface area contributed by atoms with E-state index in [1.165, 1.54) is 45.2 Å². The number of aryl methyl sites for hydroxylation is 1. The van der Waals surface area contributed by atoms with Crippen LogP contribution in [0.25, 0.3) is 0 Å². The molecule has 1 N–H and O–H groups in total. The average molecular weight is 284 g/mol. The summed E-state index contributed by atoms with van der Waals surface area (Å²) in [7, 11) is 0. The van der Waals surface area contributed by atoms with Crippen molar-refractivity contribution < 1.29 is 0 Å². The maximum absolute atomic E-state index is 4.04. The molecule has 2 heteroatoms. The quantitative estimate of drug-likeness (QED) is 0.913. The van der Waals surface area contributed by atoms with Crippen molar-refractivity contribution in [3.05, 3.63) is 35.4 Å². The Balaban J connectivity index is 1.52. The van der Waals surface area contributed by atoms with Crippen molar-refractivity contribution in [3.8, 4) is 0 Å². The molecular weight excluding hydrogens is 256 g/mol. The van der Waals surface area contributed by atoms with E-state index >= 15 is 0 Å². The Morgan fingerprint density at radius 3 is 2.76 bits per heavy atom. The van der Waals surface area contributed by atoms with Gasteiger partial charge in [0.2, 0.25) is 0 Å². The maximum atomic E-state index is 4.04. The van der Waals surface area contributed by atoms with Gasteiger partial charge in [-0.15, -0.1) is 0 Å². The van der Waals surface area contributed by atoms with Gasteiger partial charge in [0.15, 0.2) is 0 Å². The Labute approximate surface area is 128 Å². The van der Waals surface area contributed by atoms with E-state index in [-0.39, 0.29) is 0 Å². The molecule has 0 amide bonds. The molecule has 0 radical (unpaired) electrons. The molecule has 2 nitrogen and oxygen atoms in total. The van der Waals surface area contributed by atoms with Crippen molar-refractivity contribution in [2.45, 2.75) is 64.1 Å². The monoisotopic (exact) mass is 284 g/mol. The Morgan fingerprint density at radius 2 is 1.95 bits per heavy atom. The molecule has 21 heavy (non-hydrogen) atoms. The molecule has 1 aliphatic heterocycles. The lowest BCUT2D eigenvalue weighted by molar-refractivity contribution is 0.191. The van der Waals surface area contributed by atoms with Gasteiger partial charge in [-0.25, -0.2) is 0 Å². The smallest absolute Gasteiger partial charge is 0.0377 e. The van der Waals surface area contributed by atoms with Crippen LogP contribution in [0, 0.1) is 5.41 Å². The van der Waals surface area contributed by atoms with E-state index in [0.717, 1.165) is 6.04 Å². The van der Waals surface area contributed by atoms with Crippen LogP contribution in [-0.4, -0.2) is 30.1 Å². The number of fused-ring (bicyclic) bond motifs is 1. The van der Waals surface area contributed by atoms with Gasteiger partial charge >= 0.3 is 0 Å². The van der Waals surface area contributed by atoms with Crippen LogP contribution >= 0.6 is 0 Å². The third-order valence-corrected chi connectivity index (χ3v) is 5.87. The minimum Gasteiger partial charge on any atom is -0.305 e. The zero-order valence-corrected chi connectivity index (χ0v) is 13.4. The van der Waals surface area contributed by atoms with Crippen LogP contribution < -0.4 is 5.32 Å². The van der Waals surface area contributed by atoms with Crippen LogP contribution in [0.2, 0.25) is 0 Å². The number of benzene rings is 1. The average Bonchev–Trinajstić information content (AvgIpc) is 3.22. The summed E-state index contributed by atoms with van der Waals surface area (Å²) >= 11 is 0. The molecule has 2 atom stereocenters. The Bertz CT molecular complexity index is 518. The van der Waals surface area contributed by atoms with Gasteiger partial charge in [-0.2, -0.15) is 0 Å². The van der Waals surface area contributed by atoms with Crippen molar-refractivity contribution in [2.24, 2.45) is 5.41 Å². The number of rotatable bonds is 3. The second-order valence-electron chi connectivity index (χ2n) is 8.00. The second kappa shape index (κ2) is 5.10. The highest BCUT2D eigenvalue weighted by atomic mass is 15.2. The predicted octanol–water partition coefficient (Wildman–Crippen LogP) is 3.53. The number of hydrogen-bond donors (Lipinski definition) is 1. The van der Waals surface area contributed by atoms with E-state index < -0.39 is 0 Å². The molecule has 1 aromatic rings. The molecular formula is C19H28N2. The fourth-order valence-corrected chi connectivity index (χ4v) is 4.31. The van der Waals surface area contributed by atoms with Crippen LogP contribution in [0.5, 0.6) is 0 Å². The standard InChI is InChI=1S/C19H28N2/c1-19(2)11-9-14-5-3-4-6-17(14)18(19)20-15-10-12-21(13-15)16-7-8-16/h3-6,15-16,18,20H,7-13H2,1-2H3. The van der Waals surface area contributed by atoms with Gasteiger partial charge in [-0.3, -0.25) is 4.90 Å². The SMILES string of the molecule is CC1(C)CCc2ccccc2C1NC1CCN(C2CC2)C1. The number of likely N-dealkylation sites (tertiary alicyclic amines) is 1. The fraction of sp³-hybridized carbons (Fsp3) is 0.684. The predicted molar refractivity (Wildman–Crippen MR) is 87.4 cm³/mol. The van der Waals surface area contributed by atoms with Gasteiger partial charge in [0.1, 0.15) is 0 Å². The molecule has 2 fully saturated rings. The molecule has 2 unspecified atom stereocenters. The van der Waals surface area contributed by atoms with Crippen molar-refractivity contribution in [1.29, 1.82) is 0 Å².